The van der Waals surface area contributed by atoms with Crippen molar-refractivity contribution >= 4 is 17.5 Å². The number of amides is 2. The van der Waals surface area contributed by atoms with Crippen LogP contribution in [0.5, 0.6) is 11.5 Å². The fourth-order valence-corrected chi connectivity index (χ4v) is 3.12. The van der Waals surface area contributed by atoms with E-state index in [9.17, 15) is 9.59 Å². The molecule has 5 N–H and O–H groups in total. The van der Waals surface area contributed by atoms with Gasteiger partial charge in [-0.2, -0.15) is 0 Å². The quantitative estimate of drug-likeness (QED) is 0.767. The first kappa shape index (κ1) is 17.9. The molecule has 136 valence electrons. The summed E-state index contributed by atoms with van der Waals surface area (Å²) in [5.74, 6) is 0.456. The second-order valence-corrected chi connectivity index (χ2v) is 6.69. The first-order chi connectivity index (χ1) is 12.5. The molecule has 1 fully saturated rings. The van der Waals surface area contributed by atoms with Crippen molar-refractivity contribution in [2.75, 3.05) is 5.32 Å². The van der Waals surface area contributed by atoms with Crippen molar-refractivity contribution in [1.82, 2.24) is 0 Å². The van der Waals surface area contributed by atoms with E-state index < -0.39 is 11.4 Å². The summed E-state index contributed by atoms with van der Waals surface area (Å²) in [6.45, 7) is 0. The predicted molar refractivity (Wildman–Crippen MR) is 100 cm³/mol. The number of nitrogens with two attached hydrogens (primary N) is 2. The molecule has 2 aromatic rings. The number of anilines is 1. The van der Waals surface area contributed by atoms with Crippen LogP contribution in [-0.4, -0.2) is 17.4 Å². The molecule has 0 atom stereocenters. The second-order valence-electron chi connectivity index (χ2n) is 6.69. The molecule has 3 rings (SSSR count). The summed E-state index contributed by atoms with van der Waals surface area (Å²) >= 11 is 0. The van der Waals surface area contributed by atoms with Crippen molar-refractivity contribution in [3.8, 4) is 11.5 Å². The van der Waals surface area contributed by atoms with E-state index in [0.29, 0.717) is 22.7 Å². The molecule has 0 heterocycles. The average Bonchev–Trinajstić information content (AvgIpc) is 2.64. The van der Waals surface area contributed by atoms with Gasteiger partial charge in [-0.05, 0) is 55.3 Å². The third kappa shape index (κ3) is 4.21. The van der Waals surface area contributed by atoms with Gasteiger partial charge in [-0.1, -0.05) is 25.3 Å². The van der Waals surface area contributed by atoms with Gasteiger partial charge >= 0.3 is 0 Å². The van der Waals surface area contributed by atoms with Gasteiger partial charge < -0.3 is 21.5 Å². The Morgan fingerprint density at radius 3 is 2.31 bits per heavy atom. The minimum absolute atomic E-state index is 0.139. The third-order valence-electron chi connectivity index (χ3n) is 4.66. The van der Waals surface area contributed by atoms with Crippen LogP contribution in [0, 0.1) is 0 Å². The smallest absolute Gasteiger partial charge is 0.248 e. The van der Waals surface area contributed by atoms with Crippen LogP contribution in [0.1, 0.15) is 42.5 Å². The van der Waals surface area contributed by atoms with Crippen molar-refractivity contribution in [2.45, 2.75) is 37.6 Å². The van der Waals surface area contributed by atoms with Crippen LogP contribution in [0.15, 0.2) is 48.5 Å². The zero-order valence-corrected chi connectivity index (χ0v) is 14.5. The highest BCUT2D eigenvalue weighted by Crippen LogP contribution is 2.28. The van der Waals surface area contributed by atoms with Crippen molar-refractivity contribution in [3.05, 3.63) is 54.1 Å². The van der Waals surface area contributed by atoms with Gasteiger partial charge in [-0.25, -0.2) is 0 Å². The fourth-order valence-electron chi connectivity index (χ4n) is 3.12. The summed E-state index contributed by atoms with van der Waals surface area (Å²) in [4.78, 5) is 23.7. The standard InChI is InChI=1S/C20H23N3O3/c21-18(24)14-5-4-6-17(13-14)26-16-9-7-15(8-10-16)23-19(25)20(22)11-2-1-3-12-20/h4-10,13H,1-3,11-12,22H2,(H2,21,24)(H,23,25). The molecule has 1 aliphatic rings. The Bertz CT molecular complexity index is 796. The lowest BCUT2D eigenvalue weighted by atomic mass is 9.82. The van der Waals surface area contributed by atoms with Gasteiger partial charge in [0.2, 0.25) is 11.8 Å². The summed E-state index contributed by atoms with van der Waals surface area (Å²) in [5, 5.41) is 2.89. The average molecular weight is 353 g/mol. The number of hydrogen-bond acceptors (Lipinski definition) is 4. The molecule has 0 aliphatic heterocycles. The zero-order chi connectivity index (χ0) is 18.6. The molecule has 1 saturated carbocycles. The molecule has 6 nitrogen and oxygen atoms in total. The Balaban J connectivity index is 1.64. The molecule has 0 bridgehead atoms. The molecule has 0 radical (unpaired) electrons. The van der Waals surface area contributed by atoms with Crippen LogP contribution in [0.3, 0.4) is 0 Å². The highest BCUT2D eigenvalue weighted by molar-refractivity contribution is 5.98. The lowest BCUT2D eigenvalue weighted by molar-refractivity contribution is -0.122. The van der Waals surface area contributed by atoms with Gasteiger partial charge in [0.05, 0.1) is 5.54 Å². The van der Waals surface area contributed by atoms with E-state index in [2.05, 4.69) is 5.32 Å². The Hall–Kier alpha value is -2.86. The highest BCUT2D eigenvalue weighted by Gasteiger charge is 2.35. The number of benzene rings is 2. The molecular weight excluding hydrogens is 330 g/mol. The van der Waals surface area contributed by atoms with Gasteiger partial charge in [0.25, 0.3) is 0 Å². The molecule has 2 amide bonds. The summed E-state index contributed by atoms with van der Waals surface area (Å²) < 4.78 is 5.72. The van der Waals surface area contributed by atoms with Crippen LogP contribution in [0.4, 0.5) is 5.69 Å². The van der Waals surface area contributed by atoms with Gasteiger partial charge in [-0.15, -0.1) is 0 Å². The van der Waals surface area contributed by atoms with Crippen molar-refractivity contribution in [2.24, 2.45) is 11.5 Å². The Morgan fingerprint density at radius 1 is 0.962 bits per heavy atom. The lowest BCUT2D eigenvalue weighted by Crippen LogP contribution is -2.52. The molecular formula is C20H23N3O3. The first-order valence-electron chi connectivity index (χ1n) is 8.74. The number of rotatable bonds is 5. The first-order valence-corrected chi connectivity index (χ1v) is 8.74. The van der Waals surface area contributed by atoms with Gasteiger partial charge in [0.15, 0.2) is 0 Å². The molecule has 0 unspecified atom stereocenters. The number of carbonyl (C=O) groups excluding carboxylic acids is 2. The molecule has 0 aromatic heterocycles. The maximum absolute atomic E-state index is 12.5. The third-order valence-corrected chi connectivity index (χ3v) is 4.66. The van der Waals surface area contributed by atoms with Crippen LogP contribution in [0.2, 0.25) is 0 Å². The maximum atomic E-state index is 12.5. The van der Waals surface area contributed by atoms with Gasteiger partial charge in [0.1, 0.15) is 11.5 Å². The van der Waals surface area contributed by atoms with E-state index >= 15 is 0 Å². The fraction of sp³-hybridized carbons (Fsp3) is 0.300. The van der Waals surface area contributed by atoms with E-state index in [1.165, 1.54) is 0 Å². The summed E-state index contributed by atoms with van der Waals surface area (Å²) in [7, 11) is 0. The Labute approximate surface area is 152 Å². The topological polar surface area (TPSA) is 107 Å². The number of carbonyl (C=O) groups is 2. The summed E-state index contributed by atoms with van der Waals surface area (Å²) in [6.07, 6.45) is 4.55. The molecule has 0 saturated heterocycles. The summed E-state index contributed by atoms with van der Waals surface area (Å²) in [5.41, 5.74) is 11.8. The van der Waals surface area contributed by atoms with E-state index in [1.807, 2.05) is 0 Å². The maximum Gasteiger partial charge on any atom is 0.248 e. The molecule has 1 aliphatic carbocycles. The van der Waals surface area contributed by atoms with E-state index in [-0.39, 0.29) is 5.91 Å². The molecule has 6 heteroatoms. The zero-order valence-electron chi connectivity index (χ0n) is 14.5. The van der Waals surface area contributed by atoms with Crippen LogP contribution >= 0.6 is 0 Å². The predicted octanol–water partition coefficient (Wildman–Crippen LogP) is 3.18. The molecule has 26 heavy (non-hydrogen) atoms. The molecule has 2 aromatic carbocycles. The normalized spacial score (nSPS) is 15.9. The summed E-state index contributed by atoms with van der Waals surface area (Å²) in [6, 6.07) is 13.7. The highest BCUT2D eigenvalue weighted by atomic mass is 16.5. The molecule has 0 spiro atoms. The van der Waals surface area contributed by atoms with E-state index in [4.69, 9.17) is 16.2 Å². The Kier molecular flexibility index (Phi) is 5.23. The van der Waals surface area contributed by atoms with Crippen LogP contribution < -0.4 is 21.5 Å². The number of hydrogen-bond donors (Lipinski definition) is 3. The minimum atomic E-state index is -0.775. The lowest BCUT2D eigenvalue weighted by Gasteiger charge is -2.31. The van der Waals surface area contributed by atoms with Crippen molar-refractivity contribution in [1.29, 1.82) is 0 Å². The Morgan fingerprint density at radius 2 is 1.65 bits per heavy atom. The number of primary amides is 1. The van der Waals surface area contributed by atoms with Crippen molar-refractivity contribution < 1.29 is 14.3 Å². The monoisotopic (exact) mass is 353 g/mol. The van der Waals surface area contributed by atoms with Gasteiger partial charge in [0, 0.05) is 11.3 Å². The second kappa shape index (κ2) is 7.58. The van der Waals surface area contributed by atoms with Crippen LogP contribution in [0.25, 0.3) is 0 Å². The largest absolute Gasteiger partial charge is 0.457 e. The minimum Gasteiger partial charge on any atom is -0.457 e. The SMILES string of the molecule is NC(=O)c1cccc(Oc2ccc(NC(=O)C3(N)CCCCC3)cc2)c1. The van der Waals surface area contributed by atoms with E-state index in [1.54, 1.807) is 48.5 Å². The number of ether oxygens (including phenoxy) is 1. The van der Waals surface area contributed by atoms with Crippen molar-refractivity contribution in [3.63, 3.8) is 0 Å². The van der Waals surface area contributed by atoms with Gasteiger partial charge in [-0.3, -0.25) is 9.59 Å². The number of nitrogens with one attached hydrogen (secondary N) is 1. The van der Waals surface area contributed by atoms with E-state index in [0.717, 1.165) is 32.1 Å². The van der Waals surface area contributed by atoms with Crippen LogP contribution in [-0.2, 0) is 4.79 Å².